The van der Waals surface area contributed by atoms with E-state index in [1.54, 1.807) is 0 Å². The zero-order valence-corrected chi connectivity index (χ0v) is 9.43. The molecule has 13 heavy (non-hydrogen) atoms. The highest BCUT2D eigenvalue weighted by molar-refractivity contribution is 9.10. The number of hydrogen-bond acceptors (Lipinski definition) is 2. The van der Waals surface area contributed by atoms with Crippen molar-refractivity contribution in [2.75, 3.05) is 13.6 Å². The number of rotatable bonds is 3. The van der Waals surface area contributed by atoms with Crippen molar-refractivity contribution in [3.05, 3.63) is 33.8 Å². The van der Waals surface area contributed by atoms with Crippen LogP contribution in [0.5, 0.6) is 0 Å². The van der Waals surface area contributed by atoms with Gasteiger partial charge in [0.1, 0.15) is 0 Å². The summed E-state index contributed by atoms with van der Waals surface area (Å²) in [7, 11) is 1.82. The largest absolute Gasteiger partial charge is 0.387 e. The Bertz CT molecular complexity index is 288. The van der Waals surface area contributed by atoms with Gasteiger partial charge in [-0.05, 0) is 31.2 Å². The van der Waals surface area contributed by atoms with Gasteiger partial charge in [-0.1, -0.05) is 28.1 Å². The fourth-order valence-corrected chi connectivity index (χ4v) is 1.96. The molecular weight excluding hydrogens is 230 g/mol. The van der Waals surface area contributed by atoms with Crippen LogP contribution in [0.4, 0.5) is 0 Å². The molecule has 0 aliphatic rings. The molecule has 1 aromatic carbocycles. The average Bonchev–Trinajstić information content (AvgIpc) is 2.04. The van der Waals surface area contributed by atoms with E-state index in [1.165, 1.54) is 5.56 Å². The Balaban J connectivity index is 2.88. The van der Waals surface area contributed by atoms with Crippen LogP contribution in [0, 0.1) is 6.92 Å². The van der Waals surface area contributed by atoms with E-state index in [1.807, 2.05) is 32.2 Å². The lowest BCUT2D eigenvalue weighted by Gasteiger charge is -2.12. The van der Waals surface area contributed by atoms with Crippen molar-refractivity contribution in [3.63, 3.8) is 0 Å². The van der Waals surface area contributed by atoms with Crippen LogP contribution in [0.3, 0.4) is 0 Å². The monoisotopic (exact) mass is 243 g/mol. The van der Waals surface area contributed by atoms with Crippen LogP contribution in [0.2, 0.25) is 0 Å². The maximum absolute atomic E-state index is 9.70. The Kier molecular flexibility index (Phi) is 3.90. The van der Waals surface area contributed by atoms with Gasteiger partial charge < -0.3 is 10.4 Å². The number of benzene rings is 1. The Morgan fingerprint density at radius 1 is 1.54 bits per heavy atom. The van der Waals surface area contributed by atoms with Crippen LogP contribution in [0.25, 0.3) is 0 Å². The van der Waals surface area contributed by atoms with Gasteiger partial charge in [-0.2, -0.15) is 0 Å². The SMILES string of the molecule is CNCC(O)c1ccc(C)cc1Br. The molecule has 0 saturated heterocycles. The summed E-state index contributed by atoms with van der Waals surface area (Å²) in [4.78, 5) is 0. The van der Waals surface area contributed by atoms with E-state index in [4.69, 9.17) is 0 Å². The number of hydrogen-bond donors (Lipinski definition) is 2. The first-order valence-electron chi connectivity index (χ1n) is 4.24. The molecule has 0 heterocycles. The molecule has 1 atom stereocenters. The van der Waals surface area contributed by atoms with Gasteiger partial charge in [0.2, 0.25) is 0 Å². The van der Waals surface area contributed by atoms with E-state index in [0.717, 1.165) is 10.0 Å². The van der Waals surface area contributed by atoms with Crippen molar-refractivity contribution >= 4 is 15.9 Å². The van der Waals surface area contributed by atoms with Crippen molar-refractivity contribution in [3.8, 4) is 0 Å². The van der Waals surface area contributed by atoms with E-state index in [9.17, 15) is 5.11 Å². The maximum Gasteiger partial charge on any atom is 0.0925 e. The Morgan fingerprint density at radius 2 is 2.23 bits per heavy atom. The second-order valence-electron chi connectivity index (χ2n) is 3.10. The minimum absolute atomic E-state index is 0.444. The molecule has 0 aliphatic carbocycles. The molecule has 0 saturated carbocycles. The molecule has 72 valence electrons. The standard InChI is InChI=1S/C10H14BrNO/c1-7-3-4-8(9(11)5-7)10(13)6-12-2/h3-5,10,12-13H,6H2,1-2H3. The number of halogens is 1. The van der Waals surface area contributed by atoms with Crippen molar-refractivity contribution < 1.29 is 5.11 Å². The Morgan fingerprint density at radius 3 is 2.77 bits per heavy atom. The molecule has 0 amide bonds. The van der Waals surface area contributed by atoms with Gasteiger partial charge in [-0.25, -0.2) is 0 Å². The second-order valence-corrected chi connectivity index (χ2v) is 3.95. The molecule has 2 nitrogen and oxygen atoms in total. The molecule has 0 aliphatic heterocycles. The fourth-order valence-electron chi connectivity index (χ4n) is 1.21. The van der Waals surface area contributed by atoms with Crippen LogP contribution < -0.4 is 5.32 Å². The molecule has 0 aromatic heterocycles. The van der Waals surface area contributed by atoms with Crippen molar-refractivity contribution in [2.24, 2.45) is 0 Å². The number of aliphatic hydroxyl groups excluding tert-OH is 1. The lowest BCUT2D eigenvalue weighted by atomic mass is 10.1. The second kappa shape index (κ2) is 4.74. The van der Waals surface area contributed by atoms with Gasteiger partial charge in [-0.15, -0.1) is 0 Å². The molecule has 0 spiro atoms. The minimum atomic E-state index is -0.444. The zero-order valence-electron chi connectivity index (χ0n) is 7.84. The van der Waals surface area contributed by atoms with Gasteiger partial charge in [-0.3, -0.25) is 0 Å². The van der Waals surface area contributed by atoms with E-state index in [2.05, 4.69) is 21.2 Å². The lowest BCUT2D eigenvalue weighted by Crippen LogP contribution is -2.16. The van der Waals surface area contributed by atoms with E-state index >= 15 is 0 Å². The summed E-state index contributed by atoms with van der Waals surface area (Å²) in [5.41, 5.74) is 2.12. The number of nitrogens with one attached hydrogen (secondary N) is 1. The first kappa shape index (κ1) is 10.7. The fraction of sp³-hybridized carbons (Fsp3) is 0.400. The normalized spacial score (nSPS) is 12.9. The Hall–Kier alpha value is -0.380. The summed E-state index contributed by atoms with van der Waals surface area (Å²) in [6.45, 7) is 2.60. The van der Waals surface area contributed by atoms with Gasteiger partial charge in [0.05, 0.1) is 6.10 Å². The van der Waals surface area contributed by atoms with Crippen molar-refractivity contribution in [1.29, 1.82) is 0 Å². The van der Waals surface area contributed by atoms with Crippen LogP contribution in [-0.2, 0) is 0 Å². The van der Waals surface area contributed by atoms with E-state index < -0.39 is 6.10 Å². The minimum Gasteiger partial charge on any atom is -0.387 e. The van der Waals surface area contributed by atoms with Crippen LogP contribution in [0.15, 0.2) is 22.7 Å². The number of aryl methyl sites for hydroxylation is 1. The van der Waals surface area contributed by atoms with Gasteiger partial charge in [0.25, 0.3) is 0 Å². The topological polar surface area (TPSA) is 32.3 Å². The van der Waals surface area contributed by atoms with E-state index in [0.29, 0.717) is 6.54 Å². The number of likely N-dealkylation sites (N-methyl/N-ethyl adjacent to an activating group) is 1. The summed E-state index contributed by atoms with van der Waals surface area (Å²) in [6.07, 6.45) is -0.444. The van der Waals surface area contributed by atoms with Crippen LogP contribution in [-0.4, -0.2) is 18.7 Å². The smallest absolute Gasteiger partial charge is 0.0925 e. The van der Waals surface area contributed by atoms with Gasteiger partial charge >= 0.3 is 0 Å². The zero-order chi connectivity index (χ0) is 9.84. The highest BCUT2D eigenvalue weighted by atomic mass is 79.9. The Labute approximate surface area is 87.1 Å². The highest BCUT2D eigenvalue weighted by Gasteiger charge is 2.09. The van der Waals surface area contributed by atoms with Gasteiger partial charge in [0.15, 0.2) is 0 Å². The van der Waals surface area contributed by atoms with Crippen molar-refractivity contribution in [1.82, 2.24) is 5.32 Å². The third-order valence-electron chi connectivity index (χ3n) is 1.91. The lowest BCUT2D eigenvalue weighted by molar-refractivity contribution is 0.177. The average molecular weight is 244 g/mol. The molecule has 1 unspecified atom stereocenters. The molecule has 0 fully saturated rings. The van der Waals surface area contributed by atoms with Crippen LogP contribution >= 0.6 is 15.9 Å². The first-order chi connectivity index (χ1) is 6.15. The maximum atomic E-state index is 9.70. The molecular formula is C10H14BrNO. The van der Waals surface area contributed by atoms with Crippen molar-refractivity contribution in [2.45, 2.75) is 13.0 Å². The molecule has 1 aromatic rings. The molecule has 1 rings (SSSR count). The predicted octanol–water partition coefficient (Wildman–Crippen LogP) is 2.01. The molecule has 0 bridgehead atoms. The quantitative estimate of drug-likeness (QED) is 0.852. The van der Waals surface area contributed by atoms with Gasteiger partial charge in [0, 0.05) is 11.0 Å². The third kappa shape index (κ3) is 2.79. The first-order valence-corrected chi connectivity index (χ1v) is 5.03. The van der Waals surface area contributed by atoms with Crippen LogP contribution in [0.1, 0.15) is 17.2 Å². The molecule has 3 heteroatoms. The third-order valence-corrected chi connectivity index (χ3v) is 2.60. The van der Waals surface area contributed by atoms with E-state index in [-0.39, 0.29) is 0 Å². The summed E-state index contributed by atoms with van der Waals surface area (Å²) >= 11 is 3.43. The molecule has 0 radical (unpaired) electrons. The predicted molar refractivity (Wildman–Crippen MR) is 57.8 cm³/mol. The highest BCUT2D eigenvalue weighted by Crippen LogP contribution is 2.23. The summed E-state index contributed by atoms with van der Waals surface area (Å²) in [5.74, 6) is 0. The summed E-state index contributed by atoms with van der Waals surface area (Å²) < 4.78 is 0.968. The number of aliphatic hydroxyl groups is 1. The summed E-state index contributed by atoms with van der Waals surface area (Å²) in [6, 6.07) is 5.95. The summed E-state index contributed by atoms with van der Waals surface area (Å²) in [5, 5.41) is 12.6. The molecule has 2 N–H and O–H groups in total.